The molecule has 5 heteroatoms. The van der Waals surface area contributed by atoms with Crippen molar-refractivity contribution < 1.29 is 4.79 Å². The number of carbonyl (C=O) groups excluding carboxylic acids is 1. The Morgan fingerprint density at radius 2 is 2.16 bits per heavy atom. The van der Waals surface area contributed by atoms with E-state index < -0.39 is 0 Å². The number of aryl methyl sites for hydroxylation is 1. The maximum atomic E-state index is 12.6. The third-order valence-electron chi connectivity index (χ3n) is 3.61. The SMILES string of the molecule is CNCC1C(=O)N(c2ccc(Br)cc2C)CCN1C. The van der Waals surface area contributed by atoms with Gasteiger partial charge in [0.25, 0.3) is 0 Å². The van der Waals surface area contributed by atoms with Crippen LogP contribution in [0.25, 0.3) is 0 Å². The van der Waals surface area contributed by atoms with Crippen molar-refractivity contribution in [1.82, 2.24) is 10.2 Å². The predicted octanol–water partition coefficient (Wildman–Crippen LogP) is 1.62. The van der Waals surface area contributed by atoms with E-state index in [9.17, 15) is 4.79 Å². The van der Waals surface area contributed by atoms with Gasteiger partial charge in [-0.25, -0.2) is 0 Å². The summed E-state index contributed by atoms with van der Waals surface area (Å²) >= 11 is 3.46. The van der Waals surface area contributed by atoms with E-state index in [0.29, 0.717) is 6.54 Å². The molecule has 1 aromatic rings. The monoisotopic (exact) mass is 325 g/mol. The number of halogens is 1. The highest BCUT2D eigenvalue weighted by molar-refractivity contribution is 9.10. The zero-order valence-corrected chi connectivity index (χ0v) is 13.2. The second kappa shape index (κ2) is 6.03. The largest absolute Gasteiger partial charge is 0.318 e. The van der Waals surface area contributed by atoms with Crippen LogP contribution in [0.4, 0.5) is 5.69 Å². The second-order valence-corrected chi connectivity index (χ2v) is 5.89. The highest BCUT2D eigenvalue weighted by Crippen LogP contribution is 2.26. The lowest BCUT2D eigenvalue weighted by Crippen LogP contribution is -2.58. The zero-order valence-electron chi connectivity index (χ0n) is 11.6. The maximum absolute atomic E-state index is 12.6. The summed E-state index contributed by atoms with van der Waals surface area (Å²) < 4.78 is 1.04. The molecule has 0 spiro atoms. The molecule has 1 aliphatic heterocycles. The Balaban J connectivity index is 2.27. The molecule has 1 unspecified atom stereocenters. The molecule has 19 heavy (non-hydrogen) atoms. The number of hydrogen-bond acceptors (Lipinski definition) is 3. The molecule has 2 rings (SSSR count). The van der Waals surface area contributed by atoms with Crippen molar-refractivity contribution in [3.05, 3.63) is 28.2 Å². The van der Waals surface area contributed by atoms with E-state index in [1.165, 1.54) is 0 Å². The fourth-order valence-corrected chi connectivity index (χ4v) is 2.97. The molecule has 1 atom stereocenters. The van der Waals surface area contributed by atoms with Gasteiger partial charge in [-0.15, -0.1) is 0 Å². The van der Waals surface area contributed by atoms with E-state index in [1.807, 2.05) is 44.1 Å². The summed E-state index contributed by atoms with van der Waals surface area (Å²) in [6, 6.07) is 5.97. The summed E-state index contributed by atoms with van der Waals surface area (Å²) in [5.41, 5.74) is 2.14. The number of benzene rings is 1. The first-order valence-corrected chi connectivity index (χ1v) is 7.26. The van der Waals surface area contributed by atoms with Crippen LogP contribution in [-0.2, 0) is 4.79 Å². The van der Waals surface area contributed by atoms with E-state index in [2.05, 4.69) is 26.1 Å². The lowest BCUT2D eigenvalue weighted by atomic mass is 10.1. The van der Waals surface area contributed by atoms with Crippen molar-refractivity contribution in [2.75, 3.05) is 38.6 Å². The van der Waals surface area contributed by atoms with E-state index >= 15 is 0 Å². The minimum atomic E-state index is -0.0817. The van der Waals surface area contributed by atoms with Gasteiger partial charge in [0.2, 0.25) is 5.91 Å². The first kappa shape index (κ1) is 14.5. The number of likely N-dealkylation sites (N-methyl/N-ethyl adjacent to an activating group) is 2. The van der Waals surface area contributed by atoms with E-state index in [1.54, 1.807) is 0 Å². The molecule has 1 fully saturated rings. The van der Waals surface area contributed by atoms with Crippen LogP contribution in [0.5, 0.6) is 0 Å². The number of rotatable bonds is 3. The number of anilines is 1. The topological polar surface area (TPSA) is 35.6 Å². The van der Waals surface area contributed by atoms with Crippen LogP contribution in [0.1, 0.15) is 5.56 Å². The Hall–Kier alpha value is -0.910. The highest BCUT2D eigenvalue weighted by Gasteiger charge is 2.33. The van der Waals surface area contributed by atoms with Gasteiger partial charge in [0, 0.05) is 29.8 Å². The molecule has 1 heterocycles. The van der Waals surface area contributed by atoms with Gasteiger partial charge in [-0.1, -0.05) is 15.9 Å². The van der Waals surface area contributed by atoms with Crippen molar-refractivity contribution in [2.45, 2.75) is 13.0 Å². The molecule has 1 aliphatic rings. The molecule has 1 aromatic carbocycles. The summed E-state index contributed by atoms with van der Waals surface area (Å²) in [5, 5.41) is 3.10. The van der Waals surface area contributed by atoms with Crippen LogP contribution in [-0.4, -0.2) is 50.6 Å². The normalized spacial score (nSPS) is 20.9. The van der Waals surface area contributed by atoms with Crippen LogP contribution in [0.15, 0.2) is 22.7 Å². The summed E-state index contributed by atoms with van der Waals surface area (Å²) in [4.78, 5) is 16.6. The van der Waals surface area contributed by atoms with E-state index in [0.717, 1.165) is 28.8 Å². The molecular weight excluding hydrogens is 306 g/mol. The lowest BCUT2D eigenvalue weighted by molar-refractivity contribution is -0.125. The number of piperazine rings is 1. The van der Waals surface area contributed by atoms with Gasteiger partial charge < -0.3 is 10.2 Å². The van der Waals surface area contributed by atoms with Crippen molar-refractivity contribution in [1.29, 1.82) is 0 Å². The summed E-state index contributed by atoms with van der Waals surface area (Å²) in [7, 11) is 3.89. The van der Waals surface area contributed by atoms with E-state index in [-0.39, 0.29) is 11.9 Å². The summed E-state index contributed by atoms with van der Waals surface area (Å²) in [6.07, 6.45) is 0. The van der Waals surface area contributed by atoms with Crippen LogP contribution in [0.2, 0.25) is 0 Å². The fourth-order valence-electron chi connectivity index (χ4n) is 2.49. The molecule has 0 radical (unpaired) electrons. The molecule has 0 bridgehead atoms. The first-order chi connectivity index (χ1) is 9.04. The Morgan fingerprint density at radius 1 is 1.42 bits per heavy atom. The Bertz CT molecular complexity index is 478. The van der Waals surface area contributed by atoms with E-state index in [4.69, 9.17) is 0 Å². The predicted molar refractivity (Wildman–Crippen MR) is 81.6 cm³/mol. The van der Waals surface area contributed by atoms with Crippen LogP contribution in [0, 0.1) is 6.92 Å². The second-order valence-electron chi connectivity index (χ2n) is 4.97. The summed E-state index contributed by atoms with van der Waals surface area (Å²) in [6.45, 7) is 4.37. The molecule has 4 nitrogen and oxygen atoms in total. The van der Waals surface area contributed by atoms with Crippen LogP contribution >= 0.6 is 15.9 Å². The Morgan fingerprint density at radius 3 is 2.79 bits per heavy atom. The number of hydrogen-bond donors (Lipinski definition) is 1. The molecule has 1 saturated heterocycles. The summed E-state index contributed by atoms with van der Waals surface area (Å²) in [5.74, 6) is 0.175. The highest BCUT2D eigenvalue weighted by atomic mass is 79.9. The number of nitrogens with one attached hydrogen (secondary N) is 1. The Labute approximate surface area is 122 Å². The number of nitrogens with zero attached hydrogens (tertiary/aromatic N) is 2. The van der Waals surface area contributed by atoms with Gasteiger partial charge in [-0.3, -0.25) is 9.69 Å². The average molecular weight is 326 g/mol. The smallest absolute Gasteiger partial charge is 0.245 e. The fraction of sp³-hybridized carbons (Fsp3) is 0.500. The third kappa shape index (κ3) is 2.99. The quantitative estimate of drug-likeness (QED) is 0.917. The number of carbonyl (C=O) groups is 1. The van der Waals surface area contributed by atoms with Crippen LogP contribution in [0.3, 0.4) is 0 Å². The minimum Gasteiger partial charge on any atom is -0.318 e. The maximum Gasteiger partial charge on any atom is 0.245 e. The standard InChI is InChI=1S/C14H20BrN3O/c1-10-8-11(15)4-5-12(10)18-7-6-17(3)13(9-16-2)14(18)19/h4-5,8,13,16H,6-7,9H2,1-3H3. The van der Waals surface area contributed by atoms with Gasteiger partial charge in [0.15, 0.2) is 0 Å². The minimum absolute atomic E-state index is 0.0817. The van der Waals surface area contributed by atoms with Gasteiger partial charge in [-0.05, 0) is 44.8 Å². The van der Waals surface area contributed by atoms with Crippen molar-refractivity contribution in [3.63, 3.8) is 0 Å². The van der Waals surface area contributed by atoms with Crippen molar-refractivity contribution in [2.24, 2.45) is 0 Å². The molecule has 0 saturated carbocycles. The van der Waals surface area contributed by atoms with Gasteiger partial charge in [0.05, 0.1) is 0 Å². The zero-order chi connectivity index (χ0) is 14.0. The molecular formula is C14H20BrN3O. The first-order valence-electron chi connectivity index (χ1n) is 6.47. The molecule has 104 valence electrons. The Kier molecular flexibility index (Phi) is 4.60. The van der Waals surface area contributed by atoms with Gasteiger partial charge in [-0.2, -0.15) is 0 Å². The van der Waals surface area contributed by atoms with Gasteiger partial charge >= 0.3 is 0 Å². The third-order valence-corrected chi connectivity index (χ3v) is 4.10. The van der Waals surface area contributed by atoms with Gasteiger partial charge in [0.1, 0.15) is 6.04 Å². The van der Waals surface area contributed by atoms with Crippen molar-refractivity contribution >= 4 is 27.5 Å². The molecule has 1 N–H and O–H groups in total. The molecule has 1 amide bonds. The average Bonchev–Trinajstić information content (AvgIpc) is 2.36. The lowest BCUT2D eigenvalue weighted by Gasteiger charge is -2.39. The van der Waals surface area contributed by atoms with Crippen molar-refractivity contribution in [3.8, 4) is 0 Å². The molecule has 0 aromatic heterocycles. The number of amides is 1. The molecule has 0 aliphatic carbocycles. The van der Waals surface area contributed by atoms with Crippen LogP contribution < -0.4 is 10.2 Å².